The van der Waals surface area contributed by atoms with Gasteiger partial charge in [-0.2, -0.15) is 13.2 Å². The Kier molecular flexibility index (Phi) is 11.6. The molecular formula is C33H41F4N5O6. The highest BCUT2D eigenvalue weighted by Crippen LogP contribution is 2.33. The van der Waals surface area contributed by atoms with Crippen LogP contribution in [0, 0.1) is 25.6 Å². The Morgan fingerprint density at radius 3 is 2.19 bits per heavy atom. The van der Waals surface area contributed by atoms with E-state index in [1.807, 2.05) is 0 Å². The van der Waals surface area contributed by atoms with Crippen molar-refractivity contribution in [3.63, 3.8) is 0 Å². The van der Waals surface area contributed by atoms with Gasteiger partial charge in [-0.25, -0.2) is 9.18 Å². The van der Waals surface area contributed by atoms with E-state index < -0.39 is 64.7 Å². The number of carboxylic acid groups (broad SMARTS) is 1. The second kappa shape index (κ2) is 14.7. The van der Waals surface area contributed by atoms with Crippen LogP contribution in [0.1, 0.15) is 66.7 Å². The molecule has 0 aliphatic carbocycles. The predicted octanol–water partition coefficient (Wildman–Crippen LogP) is 3.71. The first-order chi connectivity index (χ1) is 22.1. The quantitative estimate of drug-likeness (QED) is 0.279. The Morgan fingerprint density at radius 2 is 1.65 bits per heavy atom. The number of aliphatic carboxylic acids is 1. The van der Waals surface area contributed by atoms with E-state index in [1.54, 1.807) is 32.8 Å². The summed E-state index contributed by atoms with van der Waals surface area (Å²) in [7, 11) is 6.08. The maximum absolute atomic E-state index is 15.8. The van der Waals surface area contributed by atoms with Crippen LogP contribution in [0.15, 0.2) is 38.8 Å². The molecular weight excluding hydrogens is 638 g/mol. The molecule has 2 aromatic heterocycles. The van der Waals surface area contributed by atoms with Gasteiger partial charge in [0, 0.05) is 44.2 Å². The summed E-state index contributed by atoms with van der Waals surface area (Å²) in [5.41, 5.74) is -3.42. The molecule has 0 radical (unpaired) electrons. The first kappa shape index (κ1) is 37.9. The lowest BCUT2D eigenvalue weighted by Gasteiger charge is -2.27. The van der Waals surface area contributed by atoms with Crippen LogP contribution in [0.5, 0.6) is 0 Å². The van der Waals surface area contributed by atoms with Crippen LogP contribution in [0.3, 0.4) is 0 Å². The van der Waals surface area contributed by atoms with E-state index in [2.05, 4.69) is 5.32 Å². The second-order valence-electron chi connectivity index (χ2n) is 12.7. The van der Waals surface area contributed by atoms with Gasteiger partial charge >= 0.3 is 17.8 Å². The minimum absolute atomic E-state index is 0.0150. The first-order valence-electron chi connectivity index (χ1n) is 15.2. The van der Waals surface area contributed by atoms with Gasteiger partial charge in [-0.3, -0.25) is 23.7 Å². The zero-order valence-corrected chi connectivity index (χ0v) is 28.2. The SMILES string of the molecule is Cc1cc(-c2c(C)n(C)c(=O)n(C)c2=O)cc([C@H](CC(=O)O)NC(=O)[C@H](CC(C)C)n2cc(CCN(C)C)c(C(F)(F)F)cc2=O)c1F. The average molecular weight is 680 g/mol. The number of hydrogen-bond acceptors (Lipinski definition) is 6. The lowest BCUT2D eigenvalue weighted by atomic mass is 9.93. The van der Waals surface area contributed by atoms with E-state index in [4.69, 9.17) is 0 Å². The number of carboxylic acids is 1. The number of amides is 1. The fourth-order valence-electron chi connectivity index (χ4n) is 5.59. The molecule has 262 valence electrons. The van der Waals surface area contributed by atoms with Crippen LogP contribution in [-0.4, -0.2) is 56.2 Å². The van der Waals surface area contributed by atoms with Crippen molar-refractivity contribution in [2.75, 3.05) is 20.6 Å². The molecule has 0 bridgehead atoms. The number of likely N-dealkylation sites (N-methyl/N-ethyl adjacent to an activating group) is 1. The minimum Gasteiger partial charge on any atom is -0.481 e. The van der Waals surface area contributed by atoms with Gasteiger partial charge in [-0.05, 0) is 75.5 Å². The average Bonchev–Trinajstić information content (AvgIpc) is 2.97. The zero-order chi connectivity index (χ0) is 36.4. The van der Waals surface area contributed by atoms with E-state index in [9.17, 15) is 42.3 Å². The molecule has 0 fully saturated rings. The molecule has 48 heavy (non-hydrogen) atoms. The van der Waals surface area contributed by atoms with Crippen molar-refractivity contribution in [2.45, 2.75) is 65.2 Å². The summed E-state index contributed by atoms with van der Waals surface area (Å²) >= 11 is 0. The second-order valence-corrected chi connectivity index (χ2v) is 12.7. The maximum Gasteiger partial charge on any atom is 0.416 e. The summed E-state index contributed by atoms with van der Waals surface area (Å²) in [6.45, 7) is 6.61. The number of carbonyl (C=O) groups is 2. The highest BCUT2D eigenvalue weighted by molar-refractivity contribution is 5.82. The number of alkyl halides is 3. The first-order valence-corrected chi connectivity index (χ1v) is 15.2. The lowest BCUT2D eigenvalue weighted by molar-refractivity contribution is -0.139. The summed E-state index contributed by atoms with van der Waals surface area (Å²) < 4.78 is 60.5. The molecule has 0 spiro atoms. The highest BCUT2D eigenvalue weighted by Gasteiger charge is 2.36. The number of halogens is 4. The highest BCUT2D eigenvalue weighted by atomic mass is 19.4. The number of aromatic nitrogens is 3. The van der Waals surface area contributed by atoms with E-state index in [1.165, 1.54) is 44.6 Å². The van der Waals surface area contributed by atoms with Crippen LogP contribution in [0.25, 0.3) is 11.1 Å². The third-order valence-corrected chi connectivity index (χ3v) is 8.23. The number of carbonyl (C=O) groups excluding carboxylic acids is 1. The Labute approximate surface area is 274 Å². The number of hydrogen-bond donors (Lipinski definition) is 2. The molecule has 3 aromatic rings. The predicted molar refractivity (Wildman–Crippen MR) is 171 cm³/mol. The molecule has 1 aromatic carbocycles. The largest absolute Gasteiger partial charge is 0.481 e. The van der Waals surface area contributed by atoms with Gasteiger partial charge in [0.05, 0.1) is 23.6 Å². The van der Waals surface area contributed by atoms with Gasteiger partial charge in [0.15, 0.2) is 0 Å². The van der Waals surface area contributed by atoms with Crippen molar-refractivity contribution < 1.29 is 32.3 Å². The van der Waals surface area contributed by atoms with E-state index >= 15 is 4.39 Å². The van der Waals surface area contributed by atoms with Crippen molar-refractivity contribution >= 4 is 11.9 Å². The number of aryl methyl sites for hydroxylation is 1. The van der Waals surface area contributed by atoms with Crippen molar-refractivity contribution in [3.8, 4) is 11.1 Å². The third-order valence-electron chi connectivity index (χ3n) is 8.23. The zero-order valence-electron chi connectivity index (χ0n) is 28.2. The summed E-state index contributed by atoms with van der Waals surface area (Å²) in [4.78, 5) is 66.3. The third kappa shape index (κ3) is 8.30. The van der Waals surface area contributed by atoms with Crippen LogP contribution in [0.4, 0.5) is 17.6 Å². The van der Waals surface area contributed by atoms with Crippen LogP contribution >= 0.6 is 0 Å². The molecule has 1 amide bonds. The van der Waals surface area contributed by atoms with Gasteiger partial charge < -0.3 is 24.5 Å². The van der Waals surface area contributed by atoms with Crippen molar-refractivity contribution in [1.82, 2.24) is 23.9 Å². The molecule has 2 N–H and O–H groups in total. The Bertz CT molecular complexity index is 1890. The normalized spacial score (nSPS) is 13.2. The summed E-state index contributed by atoms with van der Waals surface area (Å²) in [5.74, 6) is -3.42. The molecule has 3 rings (SSSR count). The van der Waals surface area contributed by atoms with Gasteiger partial charge in [-0.1, -0.05) is 13.8 Å². The topological polar surface area (TPSA) is 136 Å². The Balaban J connectivity index is 2.20. The summed E-state index contributed by atoms with van der Waals surface area (Å²) in [6, 6.07) is 0.151. The number of nitrogens with zero attached hydrogens (tertiary/aromatic N) is 4. The molecule has 11 nitrogen and oxygen atoms in total. The smallest absolute Gasteiger partial charge is 0.416 e. The fraction of sp³-hybridized carbons (Fsp3) is 0.485. The van der Waals surface area contributed by atoms with E-state index in [0.717, 1.165) is 15.3 Å². The number of rotatable bonds is 12. The van der Waals surface area contributed by atoms with Gasteiger partial charge in [0.1, 0.15) is 11.9 Å². The minimum atomic E-state index is -4.83. The fourth-order valence-corrected chi connectivity index (χ4v) is 5.59. The molecule has 0 saturated heterocycles. The van der Waals surface area contributed by atoms with Crippen molar-refractivity contribution in [1.29, 1.82) is 0 Å². The molecule has 0 aliphatic rings. The molecule has 2 heterocycles. The van der Waals surface area contributed by atoms with E-state index in [0.29, 0.717) is 6.07 Å². The molecule has 0 saturated carbocycles. The molecule has 2 atom stereocenters. The van der Waals surface area contributed by atoms with Crippen LogP contribution in [0.2, 0.25) is 0 Å². The van der Waals surface area contributed by atoms with Gasteiger partial charge in [-0.15, -0.1) is 0 Å². The molecule has 0 unspecified atom stereocenters. The number of nitrogens with one attached hydrogen (secondary N) is 1. The van der Waals surface area contributed by atoms with Crippen LogP contribution in [-0.2, 0) is 36.3 Å². The summed E-state index contributed by atoms with van der Waals surface area (Å²) in [5, 5.41) is 12.3. The van der Waals surface area contributed by atoms with Gasteiger partial charge in [0.2, 0.25) is 5.91 Å². The maximum atomic E-state index is 15.8. The summed E-state index contributed by atoms with van der Waals surface area (Å²) in [6.07, 6.45) is -4.72. The number of pyridine rings is 1. The lowest BCUT2D eigenvalue weighted by Crippen LogP contribution is -2.41. The van der Waals surface area contributed by atoms with Gasteiger partial charge in [0.25, 0.3) is 11.1 Å². The molecule has 0 aliphatic heterocycles. The van der Waals surface area contributed by atoms with Crippen molar-refractivity contribution in [2.24, 2.45) is 20.0 Å². The van der Waals surface area contributed by atoms with Crippen molar-refractivity contribution in [3.05, 3.63) is 89.4 Å². The Morgan fingerprint density at radius 1 is 1.02 bits per heavy atom. The molecule has 15 heteroatoms. The van der Waals surface area contributed by atoms with Crippen LogP contribution < -0.4 is 22.1 Å². The Hall–Kier alpha value is -4.53. The number of benzene rings is 1. The standard InChI is InChI=1S/C33H41F4N5O6/c1-17(2)11-25(42-16-20(9-10-39(5)6)23(14-26(42)43)33(35,36)37)30(46)38-24(15-27(44)45)22-13-21(12-18(3)29(22)34)28-19(4)40(7)32(48)41(8)31(28)47/h12-14,16-17,24-25H,9-11,15H2,1-8H3,(H,38,46)(H,44,45)/t24-,25-/m0/s1. The monoisotopic (exact) mass is 679 g/mol. The van der Waals surface area contributed by atoms with E-state index in [-0.39, 0.29) is 58.8 Å².